The van der Waals surface area contributed by atoms with Gasteiger partial charge in [0.25, 0.3) is 0 Å². The molecule has 1 unspecified atom stereocenters. The summed E-state index contributed by atoms with van der Waals surface area (Å²) < 4.78 is 16.9. The third kappa shape index (κ3) is 3.60. The van der Waals surface area contributed by atoms with Gasteiger partial charge in [-0.05, 0) is 51.0 Å². The molecule has 2 saturated heterocycles. The van der Waals surface area contributed by atoms with Crippen molar-refractivity contribution in [3.63, 3.8) is 0 Å². The summed E-state index contributed by atoms with van der Waals surface area (Å²) in [4.78, 5) is 14.0. The zero-order valence-corrected chi connectivity index (χ0v) is 15.7. The summed E-state index contributed by atoms with van der Waals surface area (Å²) in [5.41, 5.74) is 1.45. The standard InChI is InChI=1S/C19H28N2O4/c1-13-10-14(23-5)6-7-15(13)16-19(24-9-8-20-16)11-21(12-19)17(22)25-18(2,3)4/h6-7,10,16,20H,8-9,11-12H2,1-5H3. The van der Waals surface area contributed by atoms with Crippen LogP contribution in [0.5, 0.6) is 5.75 Å². The Bertz CT molecular complexity index is 647. The topological polar surface area (TPSA) is 60.0 Å². The Balaban J connectivity index is 1.76. The maximum absolute atomic E-state index is 12.3. The Kier molecular flexibility index (Phi) is 4.68. The monoisotopic (exact) mass is 348 g/mol. The second-order valence-electron chi connectivity index (χ2n) is 7.86. The first kappa shape index (κ1) is 18.0. The molecule has 0 aromatic heterocycles. The molecule has 1 atom stereocenters. The molecule has 2 aliphatic heterocycles. The highest BCUT2D eigenvalue weighted by Gasteiger charge is 2.54. The SMILES string of the molecule is COc1ccc(C2NCCOC23CN(C(=O)OC(C)(C)C)C3)c(C)c1. The number of nitrogens with one attached hydrogen (secondary N) is 1. The fraction of sp³-hybridized carbons (Fsp3) is 0.632. The smallest absolute Gasteiger partial charge is 0.410 e. The molecule has 2 aliphatic rings. The summed E-state index contributed by atoms with van der Waals surface area (Å²) >= 11 is 0. The van der Waals surface area contributed by atoms with Gasteiger partial charge in [-0.3, -0.25) is 0 Å². The third-order valence-corrected chi connectivity index (χ3v) is 4.72. The first-order chi connectivity index (χ1) is 11.7. The molecule has 1 spiro atoms. The van der Waals surface area contributed by atoms with Crippen LogP contribution < -0.4 is 10.1 Å². The number of likely N-dealkylation sites (tertiary alicyclic amines) is 1. The molecule has 25 heavy (non-hydrogen) atoms. The molecule has 6 nitrogen and oxygen atoms in total. The van der Waals surface area contributed by atoms with Crippen LogP contribution in [0.2, 0.25) is 0 Å². The van der Waals surface area contributed by atoms with E-state index in [-0.39, 0.29) is 12.1 Å². The summed E-state index contributed by atoms with van der Waals surface area (Å²) in [7, 11) is 1.67. The number of morpholine rings is 1. The Labute approximate surface area is 149 Å². The van der Waals surface area contributed by atoms with Gasteiger partial charge in [-0.2, -0.15) is 0 Å². The number of aryl methyl sites for hydroxylation is 1. The number of rotatable bonds is 2. The molecule has 138 valence electrons. The first-order valence-electron chi connectivity index (χ1n) is 8.74. The number of hydrogen-bond acceptors (Lipinski definition) is 5. The number of hydrogen-bond donors (Lipinski definition) is 1. The first-order valence-corrected chi connectivity index (χ1v) is 8.74. The molecule has 6 heteroatoms. The fourth-order valence-corrected chi connectivity index (χ4v) is 3.55. The quantitative estimate of drug-likeness (QED) is 0.890. The molecule has 1 amide bonds. The van der Waals surface area contributed by atoms with Gasteiger partial charge in [0.05, 0.1) is 32.8 Å². The van der Waals surface area contributed by atoms with Crippen LogP contribution in [-0.4, -0.2) is 55.5 Å². The molecule has 3 rings (SSSR count). The third-order valence-electron chi connectivity index (χ3n) is 4.72. The lowest BCUT2D eigenvalue weighted by Crippen LogP contribution is -2.72. The van der Waals surface area contributed by atoms with Crippen molar-refractivity contribution in [3.8, 4) is 5.75 Å². The molecular weight excluding hydrogens is 320 g/mol. The van der Waals surface area contributed by atoms with Crippen LogP contribution in [0, 0.1) is 6.92 Å². The molecule has 0 radical (unpaired) electrons. The van der Waals surface area contributed by atoms with Gasteiger partial charge in [-0.25, -0.2) is 4.79 Å². The summed E-state index contributed by atoms with van der Waals surface area (Å²) in [6, 6.07) is 6.13. The Morgan fingerprint density at radius 1 is 1.36 bits per heavy atom. The van der Waals surface area contributed by atoms with Gasteiger partial charge in [0.1, 0.15) is 17.0 Å². The molecule has 0 saturated carbocycles. The van der Waals surface area contributed by atoms with Crippen LogP contribution >= 0.6 is 0 Å². The van der Waals surface area contributed by atoms with Gasteiger partial charge in [0.15, 0.2) is 0 Å². The summed E-state index contributed by atoms with van der Waals surface area (Å²) in [6.45, 7) is 10.2. The van der Waals surface area contributed by atoms with E-state index in [0.717, 1.165) is 17.9 Å². The Morgan fingerprint density at radius 2 is 2.08 bits per heavy atom. The van der Waals surface area contributed by atoms with Gasteiger partial charge < -0.3 is 24.4 Å². The van der Waals surface area contributed by atoms with Crippen molar-refractivity contribution < 1.29 is 19.0 Å². The number of amides is 1. The van der Waals surface area contributed by atoms with Crippen molar-refractivity contribution in [2.45, 2.75) is 44.9 Å². The minimum absolute atomic E-state index is 0.0471. The molecule has 2 fully saturated rings. The Morgan fingerprint density at radius 3 is 2.68 bits per heavy atom. The second kappa shape index (κ2) is 6.50. The number of benzene rings is 1. The van der Waals surface area contributed by atoms with E-state index in [2.05, 4.69) is 18.3 Å². The van der Waals surface area contributed by atoms with E-state index >= 15 is 0 Å². The fourth-order valence-electron chi connectivity index (χ4n) is 3.55. The van der Waals surface area contributed by atoms with Crippen molar-refractivity contribution in [3.05, 3.63) is 29.3 Å². The van der Waals surface area contributed by atoms with Gasteiger partial charge >= 0.3 is 6.09 Å². The lowest BCUT2D eigenvalue weighted by atomic mass is 9.79. The van der Waals surface area contributed by atoms with E-state index in [1.54, 1.807) is 12.0 Å². The second-order valence-corrected chi connectivity index (χ2v) is 7.86. The predicted octanol–water partition coefficient (Wildman–Crippen LogP) is 2.65. The number of methoxy groups -OCH3 is 1. The number of nitrogens with zero attached hydrogens (tertiary/aromatic N) is 1. The van der Waals surface area contributed by atoms with Crippen molar-refractivity contribution in [1.82, 2.24) is 10.2 Å². The maximum atomic E-state index is 12.3. The van der Waals surface area contributed by atoms with E-state index in [1.165, 1.54) is 5.56 Å². The van der Waals surface area contributed by atoms with Crippen molar-refractivity contribution >= 4 is 6.09 Å². The van der Waals surface area contributed by atoms with Gasteiger partial charge in [0.2, 0.25) is 0 Å². The average Bonchev–Trinajstić information content (AvgIpc) is 2.50. The van der Waals surface area contributed by atoms with Crippen LogP contribution in [0.4, 0.5) is 4.79 Å². The Hall–Kier alpha value is -1.79. The summed E-state index contributed by atoms with van der Waals surface area (Å²) in [6.07, 6.45) is -0.280. The molecule has 1 aromatic rings. The normalized spacial score (nSPS) is 22.4. The summed E-state index contributed by atoms with van der Waals surface area (Å²) in [5.74, 6) is 0.844. The van der Waals surface area contributed by atoms with Crippen LogP contribution in [0.1, 0.15) is 37.9 Å². The van der Waals surface area contributed by atoms with Crippen LogP contribution in [-0.2, 0) is 9.47 Å². The van der Waals surface area contributed by atoms with E-state index in [4.69, 9.17) is 14.2 Å². The van der Waals surface area contributed by atoms with E-state index in [0.29, 0.717) is 19.7 Å². The largest absolute Gasteiger partial charge is 0.497 e. The summed E-state index contributed by atoms with van der Waals surface area (Å²) in [5, 5.41) is 3.57. The molecule has 1 aromatic carbocycles. The van der Waals surface area contributed by atoms with E-state index < -0.39 is 11.2 Å². The number of carbonyl (C=O) groups excluding carboxylic acids is 1. The van der Waals surface area contributed by atoms with Gasteiger partial charge in [-0.1, -0.05) is 6.07 Å². The highest BCUT2D eigenvalue weighted by Crippen LogP contribution is 2.41. The minimum atomic E-state index is -0.489. The van der Waals surface area contributed by atoms with E-state index in [1.807, 2.05) is 32.9 Å². The van der Waals surface area contributed by atoms with Crippen molar-refractivity contribution in [2.24, 2.45) is 0 Å². The van der Waals surface area contributed by atoms with Crippen LogP contribution in [0.25, 0.3) is 0 Å². The highest BCUT2D eigenvalue weighted by atomic mass is 16.6. The molecule has 0 bridgehead atoms. The average molecular weight is 348 g/mol. The lowest BCUT2D eigenvalue weighted by molar-refractivity contribution is -0.176. The molecule has 0 aliphatic carbocycles. The molecule has 1 N–H and O–H groups in total. The number of ether oxygens (including phenoxy) is 3. The predicted molar refractivity (Wildman–Crippen MR) is 95.0 cm³/mol. The zero-order valence-electron chi connectivity index (χ0n) is 15.7. The van der Waals surface area contributed by atoms with Crippen LogP contribution in [0.15, 0.2) is 18.2 Å². The van der Waals surface area contributed by atoms with Crippen molar-refractivity contribution in [2.75, 3.05) is 33.4 Å². The lowest BCUT2D eigenvalue weighted by Gasteiger charge is -2.55. The van der Waals surface area contributed by atoms with Crippen LogP contribution in [0.3, 0.4) is 0 Å². The van der Waals surface area contributed by atoms with Gasteiger partial charge in [-0.15, -0.1) is 0 Å². The molecular formula is C19H28N2O4. The number of carbonyl (C=O) groups is 1. The zero-order chi connectivity index (χ0) is 18.2. The minimum Gasteiger partial charge on any atom is -0.497 e. The maximum Gasteiger partial charge on any atom is 0.410 e. The highest BCUT2D eigenvalue weighted by molar-refractivity contribution is 5.70. The van der Waals surface area contributed by atoms with Gasteiger partial charge in [0, 0.05) is 6.54 Å². The van der Waals surface area contributed by atoms with Crippen molar-refractivity contribution in [1.29, 1.82) is 0 Å². The molecule has 2 heterocycles. The van der Waals surface area contributed by atoms with E-state index in [9.17, 15) is 4.79 Å².